The van der Waals surface area contributed by atoms with Crippen molar-refractivity contribution in [1.82, 2.24) is 0 Å². The Morgan fingerprint density at radius 3 is 2.54 bits per heavy atom. The molecule has 26 heavy (non-hydrogen) atoms. The van der Waals surface area contributed by atoms with Gasteiger partial charge in [-0.1, -0.05) is 69.3 Å². The number of hydrogen-bond acceptors (Lipinski definition) is 5. The van der Waals surface area contributed by atoms with Crippen molar-refractivity contribution in [1.29, 1.82) is 0 Å². The van der Waals surface area contributed by atoms with Gasteiger partial charge in [-0.25, -0.2) is 0 Å². The van der Waals surface area contributed by atoms with Crippen LogP contribution in [0.15, 0.2) is 54.6 Å². The van der Waals surface area contributed by atoms with Crippen molar-refractivity contribution < 1.29 is 9.53 Å². The first kappa shape index (κ1) is 17.4. The number of fused-ring (bicyclic) bond motifs is 3. The topological polar surface area (TPSA) is 29.5 Å². The van der Waals surface area contributed by atoms with Crippen LogP contribution in [0, 0.1) is 3.82 Å². The minimum Gasteiger partial charge on any atom is -0.484 e. The summed E-state index contributed by atoms with van der Waals surface area (Å²) in [7, 11) is 3.26. The number of ether oxygens (including phenoxy) is 1. The summed E-state index contributed by atoms with van der Waals surface area (Å²) in [6.45, 7) is 4.13. The monoisotopic (exact) mass is 399 g/mol. The fraction of sp³-hybridized carbons (Fsp3) is 0.200. The maximum absolute atomic E-state index is 13.1. The lowest BCUT2D eigenvalue weighted by Crippen LogP contribution is -2.49. The second-order valence-corrected chi connectivity index (χ2v) is 9.38. The van der Waals surface area contributed by atoms with Crippen molar-refractivity contribution in [2.24, 2.45) is 0 Å². The van der Waals surface area contributed by atoms with Crippen molar-refractivity contribution in [3.05, 3.63) is 63.3 Å². The summed E-state index contributed by atoms with van der Waals surface area (Å²) in [6.07, 6.45) is 0. The molecule has 3 nitrogen and oxygen atoms in total. The highest BCUT2D eigenvalue weighted by atomic mass is 32.9. The molecule has 0 radical (unpaired) electrons. The van der Waals surface area contributed by atoms with Gasteiger partial charge in [0, 0.05) is 11.1 Å². The van der Waals surface area contributed by atoms with E-state index in [1.165, 1.54) is 0 Å². The quantitative estimate of drug-likeness (QED) is 0.408. The Kier molecular flexibility index (Phi) is 4.42. The van der Waals surface area contributed by atoms with Crippen LogP contribution < -0.4 is 9.64 Å². The average molecular weight is 400 g/mol. The Balaban J connectivity index is 1.74. The summed E-state index contributed by atoms with van der Waals surface area (Å²) < 4.78 is 6.60. The van der Waals surface area contributed by atoms with Gasteiger partial charge >= 0.3 is 0 Å². The number of rotatable bonds is 3. The average Bonchev–Trinajstić information content (AvgIpc) is 3.04. The van der Waals surface area contributed by atoms with Crippen LogP contribution in [0.25, 0.3) is 11.1 Å². The Morgan fingerprint density at radius 2 is 1.77 bits per heavy atom. The second kappa shape index (κ2) is 6.61. The molecule has 4 rings (SSSR count). The molecular weight excluding hydrogens is 382 g/mol. The molecule has 0 saturated heterocycles. The van der Waals surface area contributed by atoms with Gasteiger partial charge in [0.25, 0.3) is 5.91 Å². The zero-order chi connectivity index (χ0) is 18.3. The molecule has 0 saturated carbocycles. The van der Waals surface area contributed by atoms with Gasteiger partial charge in [-0.2, -0.15) is 0 Å². The molecule has 132 valence electrons. The van der Waals surface area contributed by atoms with E-state index in [1.807, 2.05) is 59.5 Å². The zero-order valence-electron chi connectivity index (χ0n) is 14.4. The highest BCUT2D eigenvalue weighted by Gasteiger charge is 2.42. The number of anilines is 1. The number of carbonyl (C=O) groups is 1. The van der Waals surface area contributed by atoms with Crippen LogP contribution >= 0.6 is 32.9 Å². The Hall–Kier alpha value is -2.02. The maximum Gasteiger partial charge on any atom is 0.265 e. The third kappa shape index (κ3) is 2.78. The summed E-state index contributed by atoms with van der Waals surface area (Å²) in [5, 5.41) is 0. The largest absolute Gasteiger partial charge is 0.484 e. The Labute approximate surface area is 164 Å². The van der Waals surface area contributed by atoms with Gasteiger partial charge in [-0.05, 0) is 32.0 Å². The first-order valence-electron chi connectivity index (χ1n) is 8.24. The van der Waals surface area contributed by atoms with Gasteiger partial charge in [0.2, 0.25) is 0 Å². The fourth-order valence-corrected chi connectivity index (χ4v) is 6.63. The number of benzene rings is 2. The van der Waals surface area contributed by atoms with E-state index in [1.54, 1.807) is 20.7 Å². The van der Waals surface area contributed by atoms with Crippen LogP contribution in [0.5, 0.6) is 5.75 Å². The molecular formula is C20H17NO2S3. The minimum atomic E-state index is -0.473. The minimum absolute atomic E-state index is 0.00729. The number of amides is 1. The van der Waals surface area contributed by atoms with Gasteiger partial charge in [0.05, 0.1) is 16.1 Å². The zero-order valence-corrected chi connectivity index (χ0v) is 16.8. The summed E-state index contributed by atoms with van der Waals surface area (Å²) in [5.74, 6) is 0.622. The first-order chi connectivity index (χ1) is 12.5. The van der Waals surface area contributed by atoms with Crippen LogP contribution in [-0.4, -0.2) is 12.5 Å². The number of nitrogens with zero attached hydrogens (tertiary/aromatic N) is 1. The van der Waals surface area contributed by atoms with Crippen LogP contribution in [0.1, 0.15) is 18.7 Å². The molecule has 3 aromatic rings. The number of carbonyl (C=O) groups excluding carboxylic acids is 1. The Morgan fingerprint density at radius 1 is 1.08 bits per heavy atom. The van der Waals surface area contributed by atoms with Gasteiger partial charge in [-0.15, -0.1) is 0 Å². The third-order valence-electron chi connectivity index (χ3n) is 4.52. The summed E-state index contributed by atoms with van der Waals surface area (Å²) >= 11 is 5.57. The molecule has 1 aromatic heterocycles. The molecule has 0 N–H and O–H groups in total. The predicted molar refractivity (Wildman–Crippen MR) is 111 cm³/mol. The normalized spacial score (nSPS) is 14.5. The second-order valence-electron chi connectivity index (χ2n) is 6.57. The lowest BCUT2D eigenvalue weighted by Gasteiger charge is -2.42. The van der Waals surface area contributed by atoms with Gasteiger partial charge < -0.3 is 4.74 Å². The first-order valence-corrected chi connectivity index (χ1v) is 10.8. The lowest BCUT2D eigenvalue weighted by atomic mass is 9.87. The van der Waals surface area contributed by atoms with Gasteiger partial charge in [0.1, 0.15) is 9.57 Å². The Bertz CT molecular complexity index is 1020. The summed E-state index contributed by atoms with van der Waals surface area (Å²) in [4.78, 5) is 16.1. The van der Waals surface area contributed by atoms with Crippen LogP contribution in [0.4, 0.5) is 5.69 Å². The lowest BCUT2D eigenvalue weighted by molar-refractivity contribution is -0.121. The molecule has 0 unspecified atom stereocenters. The van der Waals surface area contributed by atoms with Crippen LogP contribution in [0.2, 0.25) is 0 Å². The van der Waals surface area contributed by atoms with Crippen molar-refractivity contribution in [3.8, 4) is 16.9 Å². The van der Waals surface area contributed by atoms with Crippen molar-refractivity contribution in [3.63, 3.8) is 0 Å². The molecule has 0 atom stereocenters. The highest BCUT2D eigenvalue weighted by molar-refractivity contribution is 7.80. The molecule has 1 aliphatic rings. The molecule has 0 fully saturated rings. The molecule has 1 aliphatic heterocycles. The standard InChI is InChI=1S/C20H17NO2S3/c1-20(2)18-17(19(24)26-25-18)14-10-6-7-11-15(14)21(20)16(22)12-23-13-8-4-3-5-9-13/h3-11H,12H2,1-2H3. The molecule has 6 heteroatoms. The predicted octanol–water partition coefficient (Wildman–Crippen LogP) is 5.87. The summed E-state index contributed by atoms with van der Waals surface area (Å²) in [6, 6.07) is 17.4. The number of para-hydroxylation sites is 2. The fourth-order valence-electron chi connectivity index (χ4n) is 3.35. The molecule has 2 heterocycles. The highest BCUT2D eigenvalue weighted by Crippen LogP contribution is 2.51. The van der Waals surface area contributed by atoms with Gasteiger partial charge in [-0.3, -0.25) is 9.69 Å². The van der Waals surface area contributed by atoms with E-state index in [0.717, 1.165) is 25.5 Å². The van der Waals surface area contributed by atoms with Crippen molar-refractivity contribution in [2.75, 3.05) is 11.5 Å². The third-order valence-corrected chi connectivity index (χ3v) is 7.85. The van der Waals surface area contributed by atoms with Crippen LogP contribution in [0.3, 0.4) is 0 Å². The SMILES string of the molecule is CC1(C)c2ssc(=S)c2-c2ccccc2N1C(=O)COc1ccccc1. The molecule has 0 aliphatic carbocycles. The molecule has 0 bridgehead atoms. The van der Waals surface area contributed by atoms with Crippen molar-refractivity contribution in [2.45, 2.75) is 19.4 Å². The molecule has 2 aromatic carbocycles. The van der Waals surface area contributed by atoms with Crippen LogP contribution in [-0.2, 0) is 10.3 Å². The van der Waals surface area contributed by atoms with Crippen molar-refractivity contribution >= 4 is 44.5 Å². The van der Waals surface area contributed by atoms with E-state index in [2.05, 4.69) is 13.8 Å². The van der Waals surface area contributed by atoms with E-state index in [9.17, 15) is 4.79 Å². The summed E-state index contributed by atoms with van der Waals surface area (Å²) in [5.41, 5.74) is 2.54. The molecule has 1 amide bonds. The van der Waals surface area contributed by atoms with E-state index in [0.29, 0.717) is 5.75 Å². The van der Waals surface area contributed by atoms with E-state index in [-0.39, 0.29) is 12.5 Å². The number of hydrogen-bond donors (Lipinski definition) is 0. The maximum atomic E-state index is 13.1. The van der Waals surface area contributed by atoms with E-state index >= 15 is 0 Å². The molecule has 0 spiro atoms. The smallest absolute Gasteiger partial charge is 0.265 e. The van der Waals surface area contributed by atoms with E-state index in [4.69, 9.17) is 17.0 Å². The van der Waals surface area contributed by atoms with E-state index < -0.39 is 5.54 Å². The van der Waals surface area contributed by atoms with Gasteiger partial charge in [0.15, 0.2) is 6.61 Å².